The minimum atomic E-state index is 0.445. The second kappa shape index (κ2) is 8.10. The highest BCUT2D eigenvalue weighted by Crippen LogP contribution is 2.36. The van der Waals surface area contributed by atoms with Crippen LogP contribution in [0.4, 0.5) is 0 Å². The number of hydrogen-bond donors (Lipinski definition) is 1. The van der Waals surface area contributed by atoms with E-state index < -0.39 is 0 Å². The van der Waals surface area contributed by atoms with Gasteiger partial charge in [0.05, 0.1) is 6.61 Å². The Hall–Kier alpha value is -0.160. The Morgan fingerprint density at radius 2 is 1.89 bits per heavy atom. The lowest BCUT2D eigenvalue weighted by Gasteiger charge is -2.49. The Labute approximate surface area is 113 Å². The number of ether oxygens (including phenoxy) is 1. The third-order valence-corrected chi connectivity index (χ3v) is 4.09. The molecule has 0 radical (unpaired) electrons. The zero-order valence-corrected chi connectivity index (χ0v) is 12.7. The van der Waals surface area contributed by atoms with Gasteiger partial charge in [-0.25, -0.2) is 0 Å². The maximum absolute atomic E-state index is 5.30. The molecule has 18 heavy (non-hydrogen) atoms. The zero-order chi connectivity index (χ0) is 13.4. The molecule has 1 aliphatic rings. The Balaban J connectivity index is 2.08. The highest BCUT2D eigenvalue weighted by atomic mass is 16.5. The minimum absolute atomic E-state index is 0.445. The molecule has 0 unspecified atom stereocenters. The summed E-state index contributed by atoms with van der Waals surface area (Å²) in [4.78, 5) is 4.86. The van der Waals surface area contributed by atoms with Crippen LogP contribution in [0.3, 0.4) is 0 Å². The van der Waals surface area contributed by atoms with E-state index in [0.717, 1.165) is 32.8 Å². The lowest BCUT2D eigenvalue weighted by atomic mass is 9.75. The van der Waals surface area contributed by atoms with Crippen LogP contribution in [0.15, 0.2) is 0 Å². The van der Waals surface area contributed by atoms with Gasteiger partial charge in [-0.3, -0.25) is 0 Å². The molecule has 1 N–H and O–H groups in total. The molecule has 1 aliphatic carbocycles. The van der Waals surface area contributed by atoms with E-state index in [1.54, 1.807) is 0 Å². The van der Waals surface area contributed by atoms with Crippen LogP contribution in [0.5, 0.6) is 0 Å². The standard InChI is InChI=1S/C14H31N3O/c1-5-18-12-10-15-9-11-17(4)13-14(16(2)3)7-6-8-14/h15H,5-13H2,1-4H3. The minimum Gasteiger partial charge on any atom is -0.380 e. The Bertz CT molecular complexity index is 217. The highest BCUT2D eigenvalue weighted by molar-refractivity contribution is 4.97. The molecule has 0 bridgehead atoms. The van der Waals surface area contributed by atoms with Gasteiger partial charge < -0.3 is 19.9 Å². The average Bonchev–Trinajstić information content (AvgIpc) is 2.28. The first-order valence-corrected chi connectivity index (χ1v) is 7.25. The van der Waals surface area contributed by atoms with E-state index in [-0.39, 0.29) is 0 Å². The van der Waals surface area contributed by atoms with Crippen LogP contribution in [-0.4, -0.2) is 75.9 Å². The molecule has 0 heterocycles. The molecule has 108 valence electrons. The lowest BCUT2D eigenvalue weighted by molar-refractivity contribution is 0.0281. The summed E-state index contributed by atoms with van der Waals surface area (Å²) in [5.41, 5.74) is 0.445. The molecule has 0 saturated heterocycles. The van der Waals surface area contributed by atoms with Crippen LogP contribution >= 0.6 is 0 Å². The first-order valence-electron chi connectivity index (χ1n) is 7.25. The number of rotatable bonds is 10. The number of nitrogens with zero attached hydrogens (tertiary/aromatic N) is 2. The number of hydrogen-bond acceptors (Lipinski definition) is 4. The van der Waals surface area contributed by atoms with Gasteiger partial charge >= 0.3 is 0 Å². The summed E-state index contributed by atoms with van der Waals surface area (Å²) in [7, 11) is 6.66. The summed E-state index contributed by atoms with van der Waals surface area (Å²) in [6.45, 7) is 7.98. The predicted octanol–water partition coefficient (Wildman–Crippen LogP) is 1.03. The van der Waals surface area contributed by atoms with Crippen molar-refractivity contribution < 1.29 is 4.74 Å². The Kier molecular flexibility index (Phi) is 7.15. The van der Waals surface area contributed by atoms with Crippen molar-refractivity contribution in [3.05, 3.63) is 0 Å². The van der Waals surface area contributed by atoms with Crippen LogP contribution in [0.25, 0.3) is 0 Å². The van der Waals surface area contributed by atoms with Crippen LogP contribution < -0.4 is 5.32 Å². The number of likely N-dealkylation sites (N-methyl/N-ethyl adjacent to an activating group) is 2. The fraction of sp³-hybridized carbons (Fsp3) is 1.00. The monoisotopic (exact) mass is 257 g/mol. The summed E-state index contributed by atoms with van der Waals surface area (Å²) in [5.74, 6) is 0. The molecule has 1 saturated carbocycles. The Morgan fingerprint density at radius 3 is 2.39 bits per heavy atom. The topological polar surface area (TPSA) is 27.7 Å². The average molecular weight is 257 g/mol. The molecule has 4 heteroatoms. The quantitative estimate of drug-likeness (QED) is 0.592. The van der Waals surface area contributed by atoms with Gasteiger partial charge in [-0.1, -0.05) is 0 Å². The third kappa shape index (κ3) is 4.84. The molecule has 0 aromatic heterocycles. The van der Waals surface area contributed by atoms with E-state index in [4.69, 9.17) is 4.74 Å². The van der Waals surface area contributed by atoms with Crippen molar-refractivity contribution in [1.82, 2.24) is 15.1 Å². The van der Waals surface area contributed by atoms with E-state index in [2.05, 4.69) is 36.3 Å². The van der Waals surface area contributed by atoms with Crippen LogP contribution in [-0.2, 0) is 4.74 Å². The Morgan fingerprint density at radius 1 is 1.17 bits per heavy atom. The second-order valence-electron chi connectivity index (χ2n) is 5.66. The van der Waals surface area contributed by atoms with Crippen molar-refractivity contribution in [2.45, 2.75) is 31.7 Å². The molecule has 0 spiro atoms. The fourth-order valence-corrected chi connectivity index (χ4v) is 2.60. The molecule has 1 fully saturated rings. The highest BCUT2D eigenvalue weighted by Gasteiger charge is 2.39. The summed E-state index contributed by atoms with van der Waals surface area (Å²) in [6.07, 6.45) is 4.09. The second-order valence-corrected chi connectivity index (χ2v) is 5.66. The van der Waals surface area contributed by atoms with Crippen LogP contribution in [0.2, 0.25) is 0 Å². The fourth-order valence-electron chi connectivity index (χ4n) is 2.60. The molecule has 1 rings (SSSR count). The summed E-state index contributed by atoms with van der Waals surface area (Å²) in [6, 6.07) is 0. The van der Waals surface area contributed by atoms with Gasteiger partial charge in [0.25, 0.3) is 0 Å². The maximum atomic E-state index is 5.30. The van der Waals surface area contributed by atoms with Gasteiger partial charge in [0.2, 0.25) is 0 Å². The van der Waals surface area contributed by atoms with Crippen molar-refractivity contribution >= 4 is 0 Å². The molecule has 0 amide bonds. The van der Waals surface area contributed by atoms with Gasteiger partial charge in [0.1, 0.15) is 0 Å². The molecular weight excluding hydrogens is 226 g/mol. The molecule has 0 aliphatic heterocycles. The largest absolute Gasteiger partial charge is 0.380 e. The maximum Gasteiger partial charge on any atom is 0.0590 e. The molecule has 0 atom stereocenters. The molecule has 0 aromatic carbocycles. The zero-order valence-electron chi connectivity index (χ0n) is 12.7. The van der Waals surface area contributed by atoms with Crippen LogP contribution in [0.1, 0.15) is 26.2 Å². The predicted molar refractivity (Wildman–Crippen MR) is 77.1 cm³/mol. The number of nitrogens with one attached hydrogen (secondary N) is 1. The lowest BCUT2D eigenvalue weighted by Crippen LogP contribution is -2.57. The van der Waals surface area contributed by atoms with Gasteiger partial charge in [-0.05, 0) is 47.3 Å². The first kappa shape index (κ1) is 15.9. The summed E-state index contributed by atoms with van der Waals surface area (Å²) >= 11 is 0. The van der Waals surface area contributed by atoms with E-state index in [9.17, 15) is 0 Å². The SMILES string of the molecule is CCOCCNCCN(C)CC1(N(C)C)CCC1. The van der Waals surface area contributed by atoms with Crippen molar-refractivity contribution in [2.24, 2.45) is 0 Å². The molecular formula is C14H31N3O. The van der Waals surface area contributed by atoms with Crippen LogP contribution in [0, 0.1) is 0 Å². The van der Waals surface area contributed by atoms with E-state index in [0.29, 0.717) is 5.54 Å². The van der Waals surface area contributed by atoms with Crippen molar-refractivity contribution in [1.29, 1.82) is 0 Å². The van der Waals surface area contributed by atoms with E-state index in [1.165, 1.54) is 25.8 Å². The van der Waals surface area contributed by atoms with Crippen molar-refractivity contribution in [2.75, 3.05) is 60.5 Å². The summed E-state index contributed by atoms with van der Waals surface area (Å²) < 4.78 is 5.30. The third-order valence-electron chi connectivity index (χ3n) is 4.09. The van der Waals surface area contributed by atoms with Gasteiger partial charge in [0.15, 0.2) is 0 Å². The van der Waals surface area contributed by atoms with Crippen molar-refractivity contribution in [3.8, 4) is 0 Å². The van der Waals surface area contributed by atoms with Gasteiger partial charge in [-0.15, -0.1) is 0 Å². The molecule has 4 nitrogen and oxygen atoms in total. The smallest absolute Gasteiger partial charge is 0.0590 e. The van der Waals surface area contributed by atoms with Gasteiger partial charge in [-0.2, -0.15) is 0 Å². The van der Waals surface area contributed by atoms with Crippen molar-refractivity contribution in [3.63, 3.8) is 0 Å². The van der Waals surface area contributed by atoms with E-state index in [1.807, 2.05) is 6.92 Å². The molecule has 0 aromatic rings. The summed E-state index contributed by atoms with van der Waals surface area (Å²) in [5, 5.41) is 3.42. The first-order chi connectivity index (χ1) is 8.60. The van der Waals surface area contributed by atoms with E-state index >= 15 is 0 Å². The van der Waals surface area contributed by atoms with Gasteiger partial charge in [0, 0.05) is 38.3 Å². The normalized spacial score (nSPS) is 18.3.